The Morgan fingerprint density at radius 2 is 1.62 bits per heavy atom. The van der Waals surface area contributed by atoms with Gasteiger partial charge in [0.1, 0.15) is 5.75 Å². The fourth-order valence-corrected chi connectivity index (χ4v) is 3.55. The lowest BCUT2D eigenvalue weighted by molar-refractivity contribution is 0.0930. The van der Waals surface area contributed by atoms with Gasteiger partial charge in [0, 0.05) is 11.6 Å². The fourth-order valence-electron chi connectivity index (χ4n) is 2.66. The molecule has 2 aromatic rings. The molecule has 0 spiro atoms. The van der Waals surface area contributed by atoms with Crippen molar-refractivity contribution in [3.05, 3.63) is 59.7 Å². The van der Waals surface area contributed by atoms with Crippen molar-refractivity contribution in [3.63, 3.8) is 0 Å². The number of nitrogens with one attached hydrogen (secondary N) is 1. The number of benzene rings is 2. The first-order valence-electron chi connectivity index (χ1n) is 9.72. The zero-order valence-electron chi connectivity index (χ0n) is 17.7. The SMILES string of the molecule is CCOc1ccc(N(Cc2ccc(C(=O)N[C@H](C)C(C)C)cc2)S(C)(=O)=O)cc1. The third-order valence-corrected chi connectivity index (χ3v) is 5.88. The van der Waals surface area contributed by atoms with Crippen molar-refractivity contribution < 1.29 is 17.9 Å². The highest BCUT2D eigenvalue weighted by atomic mass is 32.2. The molecule has 29 heavy (non-hydrogen) atoms. The summed E-state index contributed by atoms with van der Waals surface area (Å²) in [6.07, 6.45) is 1.18. The average molecular weight is 419 g/mol. The minimum Gasteiger partial charge on any atom is -0.494 e. The third kappa shape index (κ3) is 6.49. The molecule has 0 aliphatic carbocycles. The van der Waals surface area contributed by atoms with Gasteiger partial charge >= 0.3 is 0 Å². The monoisotopic (exact) mass is 418 g/mol. The third-order valence-electron chi connectivity index (χ3n) is 4.74. The molecule has 0 unspecified atom stereocenters. The minimum absolute atomic E-state index is 0.0718. The van der Waals surface area contributed by atoms with Crippen LogP contribution in [0.4, 0.5) is 5.69 Å². The number of sulfonamides is 1. The second-order valence-corrected chi connectivity index (χ2v) is 9.31. The van der Waals surface area contributed by atoms with Gasteiger partial charge in [0.05, 0.1) is 25.1 Å². The smallest absolute Gasteiger partial charge is 0.251 e. The fraction of sp³-hybridized carbons (Fsp3) is 0.409. The Hall–Kier alpha value is -2.54. The standard InChI is InChI=1S/C22H30N2O4S/c1-6-28-21-13-11-20(12-14-21)24(29(5,26)27)15-18-7-9-19(10-8-18)22(25)23-17(4)16(2)3/h7-14,16-17H,6,15H2,1-5H3,(H,23,25)/t17-/m1/s1. The summed E-state index contributed by atoms with van der Waals surface area (Å²) in [5.74, 6) is 0.899. The van der Waals surface area contributed by atoms with Crippen LogP contribution in [0, 0.1) is 5.92 Å². The molecular formula is C22H30N2O4S. The molecule has 0 saturated carbocycles. The maximum Gasteiger partial charge on any atom is 0.251 e. The number of rotatable bonds is 9. The number of ether oxygens (including phenoxy) is 1. The van der Waals surface area contributed by atoms with Gasteiger partial charge in [-0.1, -0.05) is 26.0 Å². The van der Waals surface area contributed by atoms with Crippen LogP contribution in [0.1, 0.15) is 43.6 Å². The Morgan fingerprint density at radius 1 is 1.03 bits per heavy atom. The summed E-state index contributed by atoms with van der Waals surface area (Å²) >= 11 is 0. The lowest BCUT2D eigenvalue weighted by Crippen LogP contribution is -2.36. The molecule has 1 N–H and O–H groups in total. The molecule has 0 radical (unpaired) electrons. The molecule has 6 nitrogen and oxygen atoms in total. The molecule has 0 aromatic heterocycles. The summed E-state index contributed by atoms with van der Waals surface area (Å²) in [6.45, 7) is 8.69. The predicted molar refractivity (Wildman–Crippen MR) is 117 cm³/mol. The highest BCUT2D eigenvalue weighted by Crippen LogP contribution is 2.24. The van der Waals surface area contributed by atoms with Gasteiger partial charge in [-0.15, -0.1) is 0 Å². The van der Waals surface area contributed by atoms with Gasteiger partial charge in [-0.3, -0.25) is 9.10 Å². The highest BCUT2D eigenvalue weighted by Gasteiger charge is 2.18. The summed E-state index contributed by atoms with van der Waals surface area (Å²) in [6, 6.07) is 14.0. The summed E-state index contributed by atoms with van der Waals surface area (Å²) in [5.41, 5.74) is 1.90. The van der Waals surface area contributed by atoms with Crippen molar-refractivity contribution >= 4 is 21.6 Å². The molecule has 0 bridgehead atoms. The Labute approximate surface area is 173 Å². The van der Waals surface area contributed by atoms with E-state index >= 15 is 0 Å². The van der Waals surface area contributed by atoms with Crippen LogP contribution in [0.2, 0.25) is 0 Å². The summed E-state index contributed by atoms with van der Waals surface area (Å²) < 4.78 is 31.4. The van der Waals surface area contributed by atoms with Crippen LogP contribution in [0.25, 0.3) is 0 Å². The van der Waals surface area contributed by atoms with Crippen molar-refractivity contribution in [1.82, 2.24) is 5.32 Å². The number of anilines is 1. The van der Waals surface area contributed by atoms with Crippen LogP contribution >= 0.6 is 0 Å². The van der Waals surface area contributed by atoms with Crippen molar-refractivity contribution in [3.8, 4) is 5.75 Å². The Morgan fingerprint density at radius 3 is 2.10 bits per heavy atom. The van der Waals surface area contributed by atoms with E-state index in [4.69, 9.17) is 4.74 Å². The van der Waals surface area contributed by atoms with Gasteiger partial charge in [-0.05, 0) is 61.7 Å². The average Bonchev–Trinajstić information content (AvgIpc) is 2.66. The van der Waals surface area contributed by atoms with E-state index in [2.05, 4.69) is 19.2 Å². The first-order chi connectivity index (χ1) is 13.6. The van der Waals surface area contributed by atoms with Gasteiger partial charge in [0.15, 0.2) is 0 Å². The molecule has 2 aromatic carbocycles. The highest BCUT2D eigenvalue weighted by molar-refractivity contribution is 7.92. The number of hydrogen-bond acceptors (Lipinski definition) is 4. The quantitative estimate of drug-likeness (QED) is 0.672. The van der Waals surface area contributed by atoms with Crippen LogP contribution in [0.3, 0.4) is 0 Å². The maximum atomic E-state index is 12.3. The van der Waals surface area contributed by atoms with Crippen LogP contribution in [-0.2, 0) is 16.6 Å². The number of carbonyl (C=O) groups is 1. The summed E-state index contributed by atoms with van der Waals surface area (Å²) in [4.78, 5) is 12.3. The van der Waals surface area contributed by atoms with E-state index in [0.29, 0.717) is 29.5 Å². The zero-order chi connectivity index (χ0) is 21.6. The zero-order valence-corrected chi connectivity index (χ0v) is 18.5. The second kappa shape index (κ2) is 9.78. The normalized spacial score (nSPS) is 12.5. The summed E-state index contributed by atoms with van der Waals surface area (Å²) in [7, 11) is -3.48. The second-order valence-electron chi connectivity index (χ2n) is 7.40. The molecule has 0 aliphatic rings. The first-order valence-corrected chi connectivity index (χ1v) is 11.6. The molecule has 0 saturated heterocycles. The van der Waals surface area contributed by atoms with Crippen molar-refractivity contribution in [2.24, 2.45) is 5.92 Å². The molecule has 0 heterocycles. The lowest BCUT2D eigenvalue weighted by Gasteiger charge is -2.23. The number of hydrogen-bond donors (Lipinski definition) is 1. The van der Waals surface area contributed by atoms with Crippen LogP contribution in [-0.4, -0.2) is 33.2 Å². The molecule has 1 amide bonds. The van der Waals surface area contributed by atoms with Gasteiger partial charge < -0.3 is 10.1 Å². The molecule has 2 rings (SSSR count). The molecule has 1 atom stereocenters. The van der Waals surface area contributed by atoms with Crippen molar-refractivity contribution in [2.75, 3.05) is 17.2 Å². The van der Waals surface area contributed by atoms with E-state index in [1.165, 1.54) is 10.6 Å². The Bertz CT molecular complexity index is 907. The molecule has 7 heteroatoms. The molecule has 0 fully saturated rings. The molecular weight excluding hydrogens is 388 g/mol. The van der Waals surface area contributed by atoms with Crippen molar-refractivity contribution in [2.45, 2.75) is 40.3 Å². The van der Waals surface area contributed by atoms with Gasteiger partial charge in [0.2, 0.25) is 10.0 Å². The van der Waals surface area contributed by atoms with Gasteiger partial charge in [-0.25, -0.2) is 8.42 Å². The van der Waals surface area contributed by atoms with E-state index < -0.39 is 10.0 Å². The number of amides is 1. The number of nitrogens with zero attached hydrogens (tertiary/aromatic N) is 1. The lowest BCUT2D eigenvalue weighted by atomic mass is 10.1. The van der Waals surface area contributed by atoms with Crippen LogP contribution in [0.5, 0.6) is 5.75 Å². The van der Waals surface area contributed by atoms with Crippen LogP contribution < -0.4 is 14.4 Å². The predicted octanol–water partition coefficient (Wildman–Crippen LogP) is 3.83. The van der Waals surface area contributed by atoms with E-state index in [9.17, 15) is 13.2 Å². The van der Waals surface area contributed by atoms with Crippen molar-refractivity contribution in [1.29, 1.82) is 0 Å². The molecule has 0 aliphatic heterocycles. The van der Waals surface area contributed by atoms with E-state index in [-0.39, 0.29) is 18.5 Å². The van der Waals surface area contributed by atoms with Crippen LogP contribution in [0.15, 0.2) is 48.5 Å². The Balaban J connectivity index is 2.17. The van der Waals surface area contributed by atoms with E-state index in [1.807, 2.05) is 13.8 Å². The summed E-state index contributed by atoms with van der Waals surface area (Å²) in [5, 5.41) is 2.96. The first kappa shape index (κ1) is 22.7. The Kier molecular flexibility index (Phi) is 7.67. The largest absolute Gasteiger partial charge is 0.494 e. The maximum absolute atomic E-state index is 12.3. The topological polar surface area (TPSA) is 75.7 Å². The van der Waals surface area contributed by atoms with E-state index in [1.54, 1.807) is 48.5 Å². The minimum atomic E-state index is -3.48. The van der Waals surface area contributed by atoms with Gasteiger partial charge in [-0.2, -0.15) is 0 Å². The molecule has 158 valence electrons. The van der Waals surface area contributed by atoms with E-state index in [0.717, 1.165) is 5.56 Å². The van der Waals surface area contributed by atoms with Gasteiger partial charge in [0.25, 0.3) is 5.91 Å². The number of carbonyl (C=O) groups excluding carboxylic acids is 1.